The number of rotatable bonds is 2. The maximum absolute atomic E-state index is 12.9. The first-order valence-electron chi connectivity index (χ1n) is 8.75. The van der Waals surface area contributed by atoms with Crippen LogP contribution in [0.4, 0.5) is 0 Å². The minimum atomic E-state index is -0.0165. The molecule has 3 heterocycles. The lowest BCUT2D eigenvalue weighted by molar-refractivity contribution is 0.0671. The average Bonchev–Trinajstić information content (AvgIpc) is 3.13. The zero-order valence-electron chi connectivity index (χ0n) is 14.0. The Balaban J connectivity index is 1.53. The third kappa shape index (κ3) is 2.71. The van der Waals surface area contributed by atoms with Gasteiger partial charge in [0.05, 0.1) is 18.3 Å². The van der Waals surface area contributed by atoms with Crippen molar-refractivity contribution in [1.29, 1.82) is 0 Å². The monoisotopic (exact) mass is 325 g/mol. The third-order valence-electron chi connectivity index (χ3n) is 5.27. The Morgan fingerprint density at radius 3 is 2.88 bits per heavy atom. The van der Waals surface area contributed by atoms with Crippen LogP contribution in [0.15, 0.2) is 30.5 Å². The van der Waals surface area contributed by atoms with E-state index in [-0.39, 0.29) is 11.9 Å². The Hall–Kier alpha value is -2.21. The van der Waals surface area contributed by atoms with Crippen molar-refractivity contribution in [2.45, 2.75) is 38.3 Å². The first-order valence-corrected chi connectivity index (χ1v) is 8.75. The molecule has 0 radical (unpaired) electrons. The van der Waals surface area contributed by atoms with Gasteiger partial charge in [-0.2, -0.15) is 0 Å². The van der Waals surface area contributed by atoms with Crippen LogP contribution in [0.1, 0.15) is 53.5 Å². The molecule has 2 aromatic rings. The molecular formula is C18H23N5O. The van der Waals surface area contributed by atoms with Gasteiger partial charge >= 0.3 is 0 Å². The molecule has 126 valence electrons. The maximum atomic E-state index is 12.9. The van der Waals surface area contributed by atoms with Crippen molar-refractivity contribution in [2.24, 2.45) is 0 Å². The number of fused-ring (bicyclic) bond motifs is 1. The fourth-order valence-corrected chi connectivity index (χ4v) is 3.82. The summed E-state index contributed by atoms with van der Waals surface area (Å²) in [6.07, 6.45) is 4.79. The highest BCUT2D eigenvalue weighted by molar-refractivity contribution is 5.92. The first kappa shape index (κ1) is 15.3. The second-order valence-corrected chi connectivity index (χ2v) is 6.69. The molecule has 1 aromatic heterocycles. The van der Waals surface area contributed by atoms with Crippen molar-refractivity contribution in [3.05, 3.63) is 47.3 Å². The molecule has 2 aliphatic rings. The molecule has 1 fully saturated rings. The molecule has 1 amide bonds. The largest absolute Gasteiger partial charge is 0.330 e. The number of nitrogens with one attached hydrogen (secondary N) is 1. The molecule has 6 heteroatoms. The minimum absolute atomic E-state index is 0.0165. The van der Waals surface area contributed by atoms with Crippen LogP contribution in [0.5, 0.6) is 0 Å². The van der Waals surface area contributed by atoms with E-state index in [4.69, 9.17) is 0 Å². The number of piperidine rings is 1. The van der Waals surface area contributed by atoms with Gasteiger partial charge in [0, 0.05) is 6.54 Å². The van der Waals surface area contributed by atoms with Crippen LogP contribution in [0.2, 0.25) is 0 Å². The molecule has 0 bridgehead atoms. The lowest BCUT2D eigenvalue weighted by Gasteiger charge is -2.34. The Morgan fingerprint density at radius 2 is 2.04 bits per heavy atom. The average molecular weight is 325 g/mol. The van der Waals surface area contributed by atoms with Gasteiger partial charge in [-0.3, -0.25) is 4.79 Å². The molecule has 4 rings (SSSR count). The maximum Gasteiger partial charge on any atom is 0.276 e. The summed E-state index contributed by atoms with van der Waals surface area (Å²) in [6.45, 7) is 4.81. The molecule has 24 heavy (non-hydrogen) atoms. The van der Waals surface area contributed by atoms with E-state index in [0.717, 1.165) is 38.9 Å². The van der Waals surface area contributed by atoms with E-state index in [9.17, 15) is 4.79 Å². The van der Waals surface area contributed by atoms with E-state index in [1.165, 1.54) is 11.1 Å². The van der Waals surface area contributed by atoms with E-state index in [1.54, 1.807) is 0 Å². The summed E-state index contributed by atoms with van der Waals surface area (Å²) in [5.74, 6) is -0.0165. The Labute approximate surface area is 141 Å². The predicted octanol–water partition coefficient (Wildman–Crippen LogP) is 1.96. The summed E-state index contributed by atoms with van der Waals surface area (Å²) in [5.41, 5.74) is 3.04. The molecular weight excluding hydrogens is 302 g/mol. The summed E-state index contributed by atoms with van der Waals surface area (Å²) < 4.78 is 1.87. The van der Waals surface area contributed by atoms with E-state index >= 15 is 0 Å². The molecule has 1 atom stereocenters. The van der Waals surface area contributed by atoms with Crippen LogP contribution in [0, 0.1) is 0 Å². The Kier molecular flexibility index (Phi) is 4.06. The van der Waals surface area contributed by atoms with Gasteiger partial charge in [0.25, 0.3) is 5.91 Å². The SMILES string of the molecule is C[C@@H]1c2ccccc2CCN1C(=O)c1cn(C2CCNCC2)nn1. The van der Waals surface area contributed by atoms with Gasteiger partial charge in [-0.05, 0) is 50.4 Å². The summed E-state index contributed by atoms with van der Waals surface area (Å²) in [4.78, 5) is 14.8. The summed E-state index contributed by atoms with van der Waals surface area (Å²) in [6, 6.07) is 8.79. The fraction of sp³-hybridized carbons (Fsp3) is 0.500. The molecule has 0 unspecified atom stereocenters. The lowest BCUT2D eigenvalue weighted by Crippen LogP contribution is -2.39. The minimum Gasteiger partial charge on any atom is -0.330 e. The summed E-state index contributed by atoms with van der Waals surface area (Å²) >= 11 is 0. The highest BCUT2D eigenvalue weighted by atomic mass is 16.2. The summed E-state index contributed by atoms with van der Waals surface area (Å²) in [5, 5.41) is 11.7. The smallest absolute Gasteiger partial charge is 0.276 e. The van der Waals surface area contributed by atoms with E-state index in [0.29, 0.717) is 11.7 Å². The van der Waals surface area contributed by atoms with Crippen LogP contribution < -0.4 is 5.32 Å². The van der Waals surface area contributed by atoms with Crippen LogP contribution in [-0.4, -0.2) is 45.4 Å². The normalized spacial score (nSPS) is 21.5. The van der Waals surface area contributed by atoms with Gasteiger partial charge in [0.2, 0.25) is 0 Å². The van der Waals surface area contributed by atoms with Crippen LogP contribution >= 0.6 is 0 Å². The molecule has 0 aliphatic carbocycles. The molecule has 2 aliphatic heterocycles. The number of carbonyl (C=O) groups is 1. The highest BCUT2D eigenvalue weighted by Gasteiger charge is 2.30. The quantitative estimate of drug-likeness (QED) is 0.917. The number of nitrogens with zero attached hydrogens (tertiary/aromatic N) is 4. The van der Waals surface area contributed by atoms with Crippen LogP contribution in [-0.2, 0) is 6.42 Å². The second-order valence-electron chi connectivity index (χ2n) is 6.69. The van der Waals surface area contributed by atoms with Gasteiger partial charge < -0.3 is 10.2 Å². The predicted molar refractivity (Wildman–Crippen MR) is 90.8 cm³/mol. The van der Waals surface area contributed by atoms with Gasteiger partial charge in [0.1, 0.15) is 0 Å². The van der Waals surface area contributed by atoms with Gasteiger partial charge in [-0.25, -0.2) is 4.68 Å². The molecule has 1 aromatic carbocycles. The molecule has 1 N–H and O–H groups in total. The number of hydrogen-bond acceptors (Lipinski definition) is 4. The standard InChI is InChI=1S/C18H23N5O/c1-13-16-5-3-2-4-14(16)8-11-22(13)18(24)17-12-23(21-20-17)15-6-9-19-10-7-15/h2-5,12-13,15,19H,6-11H2,1H3/t13-/m1/s1. The topological polar surface area (TPSA) is 63.1 Å². The van der Waals surface area contributed by atoms with Crippen molar-refractivity contribution >= 4 is 5.91 Å². The number of carbonyl (C=O) groups excluding carboxylic acids is 1. The molecule has 0 saturated carbocycles. The summed E-state index contributed by atoms with van der Waals surface area (Å²) in [7, 11) is 0. The molecule has 0 spiro atoms. The van der Waals surface area contributed by atoms with Crippen molar-refractivity contribution < 1.29 is 4.79 Å². The molecule has 1 saturated heterocycles. The number of aromatic nitrogens is 3. The first-order chi connectivity index (χ1) is 11.7. The van der Waals surface area contributed by atoms with Gasteiger partial charge in [-0.15, -0.1) is 5.10 Å². The zero-order chi connectivity index (χ0) is 16.5. The zero-order valence-corrected chi connectivity index (χ0v) is 14.0. The second kappa shape index (κ2) is 6.36. The fourth-order valence-electron chi connectivity index (χ4n) is 3.82. The lowest BCUT2D eigenvalue weighted by atomic mass is 9.93. The van der Waals surface area contributed by atoms with Crippen molar-refractivity contribution in [3.8, 4) is 0 Å². The van der Waals surface area contributed by atoms with Crippen molar-refractivity contribution in [1.82, 2.24) is 25.2 Å². The van der Waals surface area contributed by atoms with Crippen molar-refractivity contribution in [3.63, 3.8) is 0 Å². The number of benzene rings is 1. The number of amides is 1. The Morgan fingerprint density at radius 1 is 1.25 bits per heavy atom. The van der Waals surface area contributed by atoms with E-state index in [2.05, 4.69) is 40.8 Å². The van der Waals surface area contributed by atoms with E-state index < -0.39 is 0 Å². The van der Waals surface area contributed by atoms with Gasteiger partial charge in [-0.1, -0.05) is 29.5 Å². The highest BCUT2D eigenvalue weighted by Crippen LogP contribution is 2.30. The van der Waals surface area contributed by atoms with E-state index in [1.807, 2.05) is 21.8 Å². The Bertz CT molecular complexity index is 735. The van der Waals surface area contributed by atoms with Crippen LogP contribution in [0.25, 0.3) is 0 Å². The molecule has 6 nitrogen and oxygen atoms in total. The number of hydrogen-bond donors (Lipinski definition) is 1. The van der Waals surface area contributed by atoms with Gasteiger partial charge in [0.15, 0.2) is 5.69 Å². The van der Waals surface area contributed by atoms with Crippen LogP contribution in [0.3, 0.4) is 0 Å². The van der Waals surface area contributed by atoms with Crippen molar-refractivity contribution in [2.75, 3.05) is 19.6 Å². The third-order valence-corrected chi connectivity index (χ3v) is 5.27.